The molecule has 1 heterocycles. The van der Waals surface area contributed by atoms with Gasteiger partial charge in [0.05, 0.1) is 0 Å². The highest BCUT2D eigenvalue weighted by molar-refractivity contribution is 6.23. The summed E-state index contributed by atoms with van der Waals surface area (Å²) in [7, 11) is 1.09. The van der Waals surface area contributed by atoms with Crippen molar-refractivity contribution in [2.24, 2.45) is 7.05 Å². The number of nitrogens with zero attached hydrogens (tertiary/aromatic N) is 2. The van der Waals surface area contributed by atoms with Crippen molar-refractivity contribution < 1.29 is 27.5 Å². The van der Waals surface area contributed by atoms with Gasteiger partial charge in [-0.15, -0.1) is 0 Å². The first-order valence-electron chi connectivity index (χ1n) is 4.22. The van der Waals surface area contributed by atoms with E-state index in [0.29, 0.717) is 4.68 Å². The van der Waals surface area contributed by atoms with Crippen molar-refractivity contribution in [3.63, 3.8) is 0 Å². The largest absolute Gasteiger partial charge is 0.477 e. The zero-order chi connectivity index (χ0) is 13.6. The molecule has 0 saturated heterocycles. The van der Waals surface area contributed by atoms with E-state index in [-0.39, 0.29) is 0 Å². The molecule has 0 spiro atoms. The van der Waals surface area contributed by atoms with Gasteiger partial charge >= 0.3 is 17.3 Å². The summed E-state index contributed by atoms with van der Waals surface area (Å²) in [5, 5.41) is 7.69. The minimum atomic E-state index is -5.39. The molecule has 0 amide bonds. The summed E-state index contributed by atoms with van der Waals surface area (Å²) in [6.07, 6.45) is -5.39. The summed E-state index contributed by atoms with van der Waals surface area (Å²) in [6.45, 7) is 1.01. The molecule has 1 aromatic rings. The van der Waals surface area contributed by atoms with Crippen molar-refractivity contribution in [2.45, 2.75) is 18.2 Å². The molecule has 0 saturated carbocycles. The second-order valence-electron chi connectivity index (χ2n) is 3.32. The summed E-state index contributed by atoms with van der Waals surface area (Å²) in [5.74, 6) is -1.52. The molecule has 17 heavy (non-hydrogen) atoms. The molecule has 4 nitrogen and oxygen atoms in total. The monoisotopic (exact) mass is 274 g/mol. The predicted octanol–water partition coefficient (Wildman–Crippen LogP) is 2.35. The molecule has 0 aliphatic carbocycles. The molecular weight excluding hydrogens is 268 g/mol. The van der Waals surface area contributed by atoms with E-state index in [1.165, 1.54) is 0 Å². The quantitative estimate of drug-likeness (QED) is 0.665. The van der Waals surface area contributed by atoms with Crippen LogP contribution in [-0.2, 0) is 12.2 Å². The summed E-state index contributed by atoms with van der Waals surface area (Å²) in [6, 6.07) is 0. The van der Waals surface area contributed by atoms with Crippen LogP contribution in [0.25, 0.3) is 0 Å². The van der Waals surface area contributed by atoms with Crippen molar-refractivity contribution in [3.05, 3.63) is 17.0 Å². The number of hydrogen-bond acceptors (Lipinski definition) is 2. The van der Waals surface area contributed by atoms with Gasteiger partial charge < -0.3 is 5.11 Å². The van der Waals surface area contributed by atoms with Gasteiger partial charge in [0.15, 0.2) is 0 Å². The minimum Gasteiger partial charge on any atom is -0.477 e. The maximum absolute atomic E-state index is 13.4. The number of carbonyl (C=O) groups is 1. The highest BCUT2D eigenvalue weighted by Crippen LogP contribution is 2.46. The van der Waals surface area contributed by atoms with E-state index in [2.05, 4.69) is 5.10 Å². The molecule has 1 aromatic heterocycles. The maximum atomic E-state index is 13.4. The first kappa shape index (κ1) is 13.8. The van der Waals surface area contributed by atoms with E-state index in [0.717, 1.165) is 14.0 Å². The molecule has 1 atom stereocenters. The lowest BCUT2D eigenvalue weighted by atomic mass is 10.1. The molecule has 0 aromatic carbocycles. The molecule has 1 rings (SSSR count). The van der Waals surface area contributed by atoms with E-state index < -0.39 is 34.2 Å². The standard InChI is InChI=1S/C8H7ClF4N2O2/c1-3-4(6(16)17)15(2)14-5(3)7(9,10)8(11,12)13/h1-2H3,(H,16,17). The number of rotatable bonds is 2. The van der Waals surface area contributed by atoms with E-state index in [1.54, 1.807) is 0 Å². The normalized spacial score (nSPS) is 15.7. The number of hydrogen-bond donors (Lipinski definition) is 1. The number of aromatic carboxylic acids is 1. The van der Waals surface area contributed by atoms with Crippen LogP contribution in [0, 0.1) is 6.92 Å². The number of aromatic nitrogens is 2. The number of carboxylic acid groups (broad SMARTS) is 1. The number of carboxylic acids is 1. The Morgan fingerprint density at radius 2 is 1.88 bits per heavy atom. The Balaban J connectivity index is 3.45. The predicted molar refractivity (Wildman–Crippen MR) is 49.6 cm³/mol. The van der Waals surface area contributed by atoms with Crippen LogP contribution in [0.15, 0.2) is 0 Å². The molecule has 0 radical (unpaired) electrons. The minimum absolute atomic E-state index is 0.463. The molecule has 0 aliphatic heterocycles. The van der Waals surface area contributed by atoms with Gasteiger partial charge in [-0.05, 0) is 6.92 Å². The smallest absolute Gasteiger partial charge is 0.443 e. The van der Waals surface area contributed by atoms with Crippen molar-refractivity contribution in [3.8, 4) is 0 Å². The molecule has 0 bridgehead atoms. The van der Waals surface area contributed by atoms with Gasteiger partial charge in [-0.1, -0.05) is 11.6 Å². The lowest BCUT2D eigenvalue weighted by Gasteiger charge is -2.19. The third-order valence-electron chi connectivity index (χ3n) is 2.14. The topological polar surface area (TPSA) is 55.1 Å². The first-order chi connectivity index (χ1) is 7.50. The fourth-order valence-electron chi connectivity index (χ4n) is 1.36. The third-order valence-corrected chi connectivity index (χ3v) is 2.53. The summed E-state index contributed by atoms with van der Waals surface area (Å²) < 4.78 is 51.1. The Bertz CT molecular complexity index is 467. The molecule has 0 aliphatic rings. The second-order valence-corrected chi connectivity index (χ2v) is 3.84. The zero-order valence-electron chi connectivity index (χ0n) is 8.64. The van der Waals surface area contributed by atoms with Crippen molar-refractivity contribution in [1.29, 1.82) is 0 Å². The summed E-state index contributed by atoms with van der Waals surface area (Å²) in [5.41, 5.74) is -2.17. The van der Waals surface area contributed by atoms with Crippen LogP contribution in [0.1, 0.15) is 21.7 Å². The number of alkyl halides is 5. The van der Waals surface area contributed by atoms with Gasteiger partial charge in [-0.3, -0.25) is 4.68 Å². The van der Waals surface area contributed by atoms with Gasteiger partial charge in [-0.2, -0.15) is 18.3 Å². The molecule has 1 N–H and O–H groups in total. The second kappa shape index (κ2) is 3.86. The Morgan fingerprint density at radius 1 is 1.41 bits per heavy atom. The highest BCUT2D eigenvalue weighted by Gasteiger charge is 2.59. The van der Waals surface area contributed by atoms with Crippen LogP contribution in [0.4, 0.5) is 17.6 Å². The van der Waals surface area contributed by atoms with Crippen LogP contribution in [0.3, 0.4) is 0 Å². The van der Waals surface area contributed by atoms with Gasteiger partial charge in [0.2, 0.25) is 0 Å². The van der Waals surface area contributed by atoms with E-state index >= 15 is 0 Å². The van der Waals surface area contributed by atoms with Crippen molar-refractivity contribution >= 4 is 17.6 Å². The van der Waals surface area contributed by atoms with Gasteiger partial charge in [0.25, 0.3) is 0 Å². The van der Waals surface area contributed by atoms with Crippen molar-refractivity contribution in [2.75, 3.05) is 0 Å². The zero-order valence-corrected chi connectivity index (χ0v) is 9.40. The van der Waals surface area contributed by atoms with E-state index in [1.807, 2.05) is 0 Å². The fraction of sp³-hybridized carbons (Fsp3) is 0.500. The van der Waals surface area contributed by atoms with E-state index in [4.69, 9.17) is 16.7 Å². The Labute approximate surface area is 97.8 Å². The highest BCUT2D eigenvalue weighted by atomic mass is 35.5. The SMILES string of the molecule is Cc1c(C(F)(Cl)C(F)(F)F)nn(C)c1C(=O)O. The first-order valence-corrected chi connectivity index (χ1v) is 4.60. The third kappa shape index (κ3) is 2.08. The average Bonchev–Trinajstić information content (AvgIpc) is 2.39. The maximum Gasteiger partial charge on any atom is 0.443 e. The lowest BCUT2D eigenvalue weighted by molar-refractivity contribution is -0.203. The van der Waals surface area contributed by atoms with Crippen LogP contribution in [-0.4, -0.2) is 27.0 Å². The van der Waals surface area contributed by atoms with Gasteiger partial charge in [0, 0.05) is 12.6 Å². The Morgan fingerprint density at radius 3 is 2.18 bits per heavy atom. The van der Waals surface area contributed by atoms with Crippen molar-refractivity contribution in [1.82, 2.24) is 9.78 Å². The van der Waals surface area contributed by atoms with Crippen LogP contribution < -0.4 is 0 Å². The Kier molecular flexibility index (Phi) is 3.13. The van der Waals surface area contributed by atoms with Crippen LogP contribution >= 0.6 is 11.6 Å². The lowest BCUT2D eigenvalue weighted by Crippen LogP contribution is -2.33. The molecule has 0 fully saturated rings. The van der Waals surface area contributed by atoms with Crippen LogP contribution in [0.5, 0.6) is 0 Å². The van der Waals surface area contributed by atoms with Gasteiger partial charge in [0.1, 0.15) is 11.4 Å². The fourth-order valence-corrected chi connectivity index (χ4v) is 1.54. The average molecular weight is 275 g/mol. The number of halogens is 5. The summed E-state index contributed by atoms with van der Waals surface area (Å²) in [4.78, 5) is 10.7. The molecule has 96 valence electrons. The van der Waals surface area contributed by atoms with E-state index in [9.17, 15) is 22.4 Å². The molecule has 9 heteroatoms. The van der Waals surface area contributed by atoms with Gasteiger partial charge in [-0.25, -0.2) is 9.18 Å². The number of aryl methyl sites for hydroxylation is 1. The Hall–Kier alpha value is -1.31. The van der Waals surface area contributed by atoms with Crippen LogP contribution in [0.2, 0.25) is 0 Å². The summed E-state index contributed by atoms with van der Waals surface area (Å²) >= 11 is 4.77. The molecular formula is C8H7ClF4N2O2. The molecule has 1 unspecified atom stereocenters.